The van der Waals surface area contributed by atoms with Crippen molar-refractivity contribution in [2.24, 2.45) is 5.92 Å². The normalized spacial score (nSPS) is 13.0. The minimum atomic E-state index is -1.57. The number of halogens is 1. The molecule has 0 spiro atoms. The van der Waals surface area contributed by atoms with Crippen LogP contribution in [0.5, 0.6) is 5.75 Å². The Labute approximate surface area is 245 Å². The van der Waals surface area contributed by atoms with Gasteiger partial charge in [0.1, 0.15) is 22.6 Å². The second-order valence-electron chi connectivity index (χ2n) is 8.88. The fraction of sp³-hybridized carbons (Fsp3) is 0.250. The zero-order chi connectivity index (χ0) is 29.9. The molecule has 0 bridgehead atoms. The summed E-state index contributed by atoms with van der Waals surface area (Å²) in [7, 11) is 1.73. The van der Waals surface area contributed by atoms with Crippen molar-refractivity contribution in [2.75, 3.05) is 25.7 Å². The number of benzene rings is 2. The smallest absolute Gasteiger partial charge is 0.332 e. The molecule has 0 fully saturated rings. The van der Waals surface area contributed by atoms with Crippen molar-refractivity contribution >= 4 is 40.0 Å². The Balaban J connectivity index is 1.89. The summed E-state index contributed by atoms with van der Waals surface area (Å²) < 4.78 is 26.8. The Bertz CT molecular complexity index is 1540. The highest BCUT2D eigenvalue weighted by Gasteiger charge is 2.19. The molecule has 0 aliphatic rings. The standard InChI is InChI=1S/C28H32ClN5O6S/c1-19(27(36)32-41(4)38)17-34-26(35)16-24(33(28(34)37)18-20-7-9-21(29)10-8-20)31-22-11-13-23(14-12-22)40-15-5-6-25(30-2)39-3/h5-16,19,30-31H,17-18H2,1-4H3,(H,32,36)/b15-5+,25-6+/t19-,41?/m0/s1. The number of carbonyl (C=O) groups excluding carboxylic acids is 1. The lowest BCUT2D eigenvalue weighted by molar-refractivity contribution is -0.123. The van der Waals surface area contributed by atoms with E-state index in [-0.39, 0.29) is 18.9 Å². The highest BCUT2D eigenvalue weighted by molar-refractivity contribution is 7.82. The van der Waals surface area contributed by atoms with Gasteiger partial charge in [-0.3, -0.25) is 23.4 Å². The highest BCUT2D eigenvalue weighted by Crippen LogP contribution is 2.20. The molecular formula is C28H32ClN5O6S. The molecule has 0 aliphatic heterocycles. The summed E-state index contributed by atoms with van der Waals surface area (Å²) in [4.78, 5) is 38.9. The number of nitrogens with one attached hydrogen (secondary N) is 3. The Hall–Kier alpha value is -4.29. The largest absolute Gasteiger partial charge is 0.483 e. The first-order valence-corrected chi connectivity index (χ1v) is 14.4. The van der Waals surface area contributed by atoms with Crippen molar-refractivity contribution in [3.63, 3.8) is 0 Å². The fourth-order valence-corrected chi connectivity index (χ4v) is 4.28. The highest BCUT2D eigenvalue weighted by atomic mass is 35.5. The van der Waals surface area contributed by atoms with E-state index < -0.39 is 34.1 Å². The molecule has 1 heterocycles. The van der Waals surface area contributed by atoms with Crippen LogP contribution in [0.1, 0.15) is 12.5 Å². The monoisotopic (exact) mass is 601 g/mol. The van der Waals surface area contributed by atoms with E-state index in [1.807, 2.05) is 0 Å². The van der Waals surface area contributed by atoms with Gasteiger partial charge in [-0.1, -0.05) is 30.7 Å². The van der Waals surface area contributed by atoms with Crippen LogP contribution < -0.4 is 31.3 Å². The van der Waals surface area contributed by atoms with E-state index in [2.05, 4.69) is 15.4 Å². The number of ether oxygens (including phenoxy) is 2. The van der Waals surface area contributed by atoms with Crippen molar-refractivity contribution < 1.29 is 18.5 Å². The molecule has 13 heteroatoms. The van der Waals surface area contributed by atoms with Crippen molar-refractivity contribution in [1.82, 2.24) is 19.2 Å². The summed E-state index contributed by atoms with van der Waals surface area (Å²) in [6.45, 7) is 1.50. The average molecular weight is 602 g/mol. The number of hydrogen-bond acceptors (Lipinski definition) is 8. The van der Waals surface area contributed by atoms with Crippen LogP contribution in [0.3, 0.4) is 0 Å². The van der Waals surface area contributed by atoms with Crippen molar-refractivity contribution in [3.05, 3.63) is 110 Å². The van der Waals surface area contributed by atoms with Gasteiger partial charge in [0, 0.05) is 42.7 Å². The molecule has 41 heavy (non-hydrogen) atoms. The summed E-state index contributed by atoms with van der Waals surface area (Å²) in [5.41, 5.74) is 0.189. The lowest BCUT2D eigenvalue weighted by Gasteiger charge is -2.18. The van der Waals surface area contributed by atoms with Gasteiger partial charge in [0.2, 0.25) is 5.91 Å². The first kappa shape index (κ1) is 31.2. The number of nitrogens with zero attached hydrogens (tertiary/aromatic N) is 2. The van der Waals surface area contributed by atoms with Crippen LogP contribution in [-0.2, 0) is 33.6 Å². The molecular weight excluding hydrogens is 570 g/mol. The molecule has 1 amide bonds. The third-order valence-electron chi connectivity index (χ3n) is 5.80. The van der Waals surface area contributed by atoms with Gasteiger partial charge in [-0.25, -0.2) is 9.00 Å². The van der Waals surface area contributed by atoms with Gasteiger partial charge in [0.05, 0.1) is 25.8 Å². The molecule has 1 unspecified atom stereocenters. The molecule has 0 saturated heterocycles. The lowest BCUT2D eigenvalue weighted by Crippen LogP contribution is -2.44. The van der Waals surface area contributed by atoms with Crippen LogP contribution in [0, 0.1) is 5.92 Å². The van der Waals surface area contributed by atoms with E-state index in [1.165, 1.54) is 23.2 Å². The maximum Gasteiger partial charge on any atom is 0.332 e. The number of anilines is 2. The number of carbonyl (C=O) groups is 1. The number of amides is 1. The second-order valence-corrected chi connectivity index (χ2v) is 10.4. The van der Waals surface area contributed by atoms with Gasteiger partial charge in [-0.2, -0.15) is 0 Å². The third-order valence-corrected chi connectivity index (χ3v) is 6.55. The number of methoxy groups -OCH3 is 1. The predicted molar refractivity (Wildman–Crippen MR) is 161 cm³/mol. The molecule has 3 rings (SSSR count). The van der Waals surface area contributed by atoms with Gasteiger partial charge in [-0.15, -0.1) is 0 Å². The molecule has 1 aromatic heterocycles. The van der Waals surface area contributed by atoms with E-state index in [0.717, 1.165) is 10.1 Å². The minimum absolute atomic E-state index is 0.133. The fourth-order valence-electron chi connectivity index (χ4n) is 3.67. The van der Waals surface area contributed by atoms with Gasteiger partial charge in [0.15, 0.2) is 5.88 Å². The summed E-state index contributed by atoms with van der Waals surface area (Å²) in [6.07, 6.45) is 6.21. The van der Waals surface area contributed by atoms with Crippen LogP contribution in [0.2, 0.25) is 5.02 Å². The van der Waals surface area contributed by atoms with E-state index in [1.54, 1.807) is 81.8 Å². The van der Waals surface area contributed by atoms with Gasteiger partial charge >= 0.3 is 5.69 Å². The molecule has 0 radical (unpaired) electrons. The molecule has 2 atom stereocenters. The van der Waals surface area contributed by atoms with Crippen LogP contribution in [-0.4, -0.2) is 39.7 Å². The molecule has 3 aromatic rings. The van der Waals surface area contributed by atoms with Crippen LogP contribution in [0.25, 0.3) is 0 Å². The first-order chi connectivity index (χ1) is 19.6. The molecule has 0 aliphatic carbocycles. The van der Waals surface area contributed by atoms with Crippen LogP contribution in [0.15, 0.2) is 88.5 Å². The van der Waals surface area contributed by atoms with Gasteiger partial charge in [0.25, 0.3) is 5.56 Å². The quantitative estimate of drug-likeness (QED) is 0.201. The molecule has 218 valence electrons. The summed E-state index contributed by atoms with van der Waals surface area (Å²) in [5.74, 6) is 0.0983. The van der Waals surface area contributed by atoms with Crippen LogP contribution in [0.4, 0.5) is 11.5 Å². The van der Waals surface area contributed by atoms with Crippen molar-refractivity contribution in [1.29, 1.82) is 0 Å². The third kappa shape index (κ3) is 9.12. The maximum absolute atomic E-state index is 13.6. The van der Waals surface area contributed by atoms with E-state index in [4.69, 9.17) is 21.1 Å². The number of aromatic nitrogens is 2. The Morgan fingerprint density at radius 3 is 2.39 bits per heavy atom. The first-order valence-electron chi connectivity index (χ1n) is 12.5. The number of rotatable bonds is 13. The zero-order valence-corrected chi connectivity index (χ0v) is 24.6. The molecule has 0 saturated carbocycles. The maximum atomic E-state index is 13.6. The average Bonchev–Trinajstić information content (AvgIpc) is 2.94. The number of hydrogen-bond donors (Lipinski definition) is 3. The lowest BCUT2D eigenvalue weighted by atomic mass is 10.1. The van der Waals surface area contributed by atoms with E-state index >= 15 is 0 Å². The number of allylic oxidation sites excluding steroid dienone is 2. The zero-order valence-electron chi connectivity index (χ0n) is 23.0. The Morgan fingerprint density at radius 1 is 1.10 bits per heavy atom. The molecule has 3 N–H and O–H groups in total. The van der Waals surface area contributed by atoms with Crippen molar-refractivity contribution in [2.45, 2.75) is 20.0 Å². The second kappa shape index (κ2) is 14.9. The summed E-state index contributed by atoms with van der Waals surface area (Å²) >= 11 is 6.02. The summed E-state index contributed by atoms with van der Waals surface area (Å²) in [5, 5.41) is 6.56. The van der Waals surface area contributed by atoms with E-state index in [0.29, 0.717) is 22.3 Å². The topological polar surface area (TPSA) is 133 Å². The van der Waals surface area contributed by atoms with Gasteiger partial charge in [-0.05, 0) is 48.0 Å². The Kier molecular flexibility index (Phi) is 11.4. The SMILES string of the molecule is CN/C(=C\C=C\Oc1ccc(Nc2cc(=O)n(C[C@H](C)C(=O)NS(C)=O)c(=O)n2Cc2ccc(Cl)cc2)cc1)OC. The van der Waals surface area contributed by atoms with E-state index in [9.17, 15) is 18.6 Å². The molecule has 2 aromatic carbocycles. The summed E-state index contributed by atoms with van der Waals surface area (Å²) in [6, 6.07) is 15.2. The Morgan fingerprint density at radius 2 is 1.78 bits per heavy atom. The predicted octanol–water partition coefficient (Wildman–Crippen LogP) is 3.10. The van der Waals surface area contributed by atoms with Crippen molar-refractivity contribution in [3.8, 4) is 5.75 Å². The molecule has 11 nitrogen and oxygen atoms in total. The van der Waals surface area contributed by atoms with Crippen LogP contribution >= 0.6 is 11.6 Å². The van der Waals surface area contributed by atoms with Gasteiger partial charge < -0.3 is 20.1 Å². The minimum Gasteiger partial charge on any atom is -0.483 e.